The van der Waals surface area contributed by atoms with Crippen LogP contribution in [0.25, 0.3) is 11.0 Å². The molecule has 1 aliphatic carbocycles. The van der Waals surface area contributed by atoms with Gasteiger partial charge in [-0.05, 0) is 30.4 Å². The lowest BCUT2D eigenvalue weighted by molar-refractivity contribution is 0.193. The molecule has 1 atom stereocenters. The summed E-state index contributed by atoms with van der Waals surface area (Å²) in [5.41, 5.74) is 0.855. The molecule has 19 heavy (non-hydrogen) atoms. The molecule has 1 N–H and O–H groups in total. The summed E-state index contributed by atoms with van der Waals surface area (Å²) >= 11 is 0. The highest BCUT2D eigenvalue weighted by Gasteiger charge is 2.35. The molecule has 0 spiro atoms. The van der Waals surface area contributed by atoms with Crippen LogP contribution in [0.1, 0.15) is 51.3 Å². The minimum absolute atomic E-state index is 0.122. The molecule has 4 heteroatoms. The Morgan fingerprint density at radius 3 is 2.79 bits per heavy atom. The molecule has 1 aromatic carbocycles. The van der Waals surface area contributed by atoms with Gasteiger partial charge in [0.15, 0.2) is 11.6 Å². The summed E-state index contributed by atoms with van der Waals surface area (Å²) in [7, 11) is 0. The highest BCUT2D eigenvalue weighted by Crippen LogP contribution is 2.46. The fourth-order valence-electron chi connectivity index (χ4n) is 3.20. The highest BCUT2D eigenvalue weighted by molar-refractivity contribution is 5.75. The molecule has 0 aliphatic heterocycles. The summed E-state index contributed by atoms with van der Waals surface area (Å²) in [6.45, 7) is 4.45. The van der Waals surface area contributed by atoms with Crippen LogP contribution in [0.5, 0.6) is 0 Å². The predicted octanol–water partition coefficient (Wildman–Crippen LogP) is 4.52. The second-order valence-corrected chi connectivity index (χ2v) is 6.17. The second kappa shape index (κ2) is 4.29. The monoisotopic (exact) mass is 264 g/mol. The van der Waals surface area contributed by atoms with E-state index >= 15 is 0 Å². The molecule has 0 saturated heterocycles. The van der Waals surface area contributed by atoms with Crippen molar-refractivity contribution in [2.75, 3.05) is 0 Å². The molecule has 1 heterocycles. The van der Waals surface area contributed by atoms with Crippen molar-refractivity contribution < 1.29 is 8.78 Å². The minimum Gasteiger partial charge on any atom is -0.342 e. The zero-order chi connectivity index (χ0) is 13.6. The summed E-state index contributed by atoms with van der Waals surface area (Å²) in [6, 6.07) is 2.70. The van der Waals surface area contributed by atoms with Gasteiger partial charge in [-0.25, -0.2) is 13.8 Å². The Labute approximate surface area is 111 Å². The normalized spacial score (nSPS) is 22.8. The number of nitrogens with one attached hydrogen (secondary N) is 1. The van der Waals surface area contributed by atoms with Crippen LogP contribution in [0.15, 0.2) is 12.1 Å². The molecule has 3 rings (SSSR count). The summed E-state index contributed by atoms with van der Waals surface area (Å²) in [6.07, 6.45) is 4.59. The first kappa shape index (κ1) is 12.6. The van der Waals surface area contributed by atoms with E-state index < -0.39 is 11.6 Å². The number of H-pyrrole nitrogens is 1. The maximum Gasteiger partial charge on any atom is 0.186 e. The van der Waals surface area contributed by atoms with E-state index in [2.05, 4.69) is 23.8 Å². The van der Waals surface area contributed by atoms with Gasteiger partial charge < -0.3 is 4.98 Å². The van der Waals surface area contributed by atoms with Gasteiger partial charge >= 0.3 is 0 Å². The van der Waals surface area contributed by atoms with Gasteiger partial charge in [0.05, 0.1) is 5.52 Å². The molecule has 1 aromatic heterocycles. The molecule has 0 radical (unpaired) electrons. The number of halogens is 2. The number of hydrogen-bond acceptors (Lipinski definition) is 1. The Balaban J connectivity index is 2.08. The quantitative estimate of drug-likeness (QED) is 0.805. The van der Waals surface area contributed by atoms with Gasteiger partial charge in [0.1, 0.15) is 11.3 Å². The third-order valence-electron chi connectivity index (χ3n) is 4.40. The van der Waals surface area contributed by atoms with E-state index in [0.29, 0.717) is 5.52 Å². The summed E-state index contributed by atoms with van der Waals surface area (Å²) in [5, 5.41) is 0. The first-order valence-corrected chi connectivity index (χ1v) is 6.83. The van der Waals surface area contributed by atoms with E-state index in [-0.39, 0.29) is 16.8 Å². The van der Waals surface area contributed by atoms with Crippen LogP contribution in [0.4, 0.5) is 8.78 Å². The van der Waals surface area contributed by atoms with Crippen molar-refractivity contribution in [3.05, 3.63) is 29.6 Å². The molecular formula is C15H18F2N2. The smallest absolute Gasteiger partial charge is 0.186 e. The van der Waals surface area contributed by atoms with Crippen LogP contribution < -0.4 is 0 Å². The molecule has 2 aromatic rings. The van der Waals surface area contributed by atoms with E-state index in [0.717, 1.165) is 24.7 Å². The van der Waals surface area contributed by atoms with Crippen LogP contribution in [0, 0.1) is 17.0 Å². The standard InChI is InChI=1S/C15H18F2N2/c1-15(2)8-4-3-5-9(15)14-18-11-7-6-10(16)12(17)13(11)19-14/h6-7,9H,3-5,8H2,1-2H3,(H,18,19). The van der Waals surface area contributed by atoms with E-state index in [1.165, 1.54) is 12.8 Å². The third kappa shape index (κ3) is 2.03. The third-order valence-corrected chi connectivity index (χ3v) is 4.40. The van der Waals surface area contributed by atoms with Crippen molar-refractivity contribution in [2.24, 2.45) is 5.41 Å². The largest absolute Gasteiger partial charge is 0.342 e. The maximum absolute atomic E-state index is 13.7. The average Bonchev–Trinajstić information content (AvgIpc) is 2.78. The Bertz CT molecular complexity index is 616. The number of hydrogen-bond donors (Lipinski definition) is 1. The topological polar surface area (TPSA) is 28.7 Å². The van der Waals surface area contributed by atoms with Crippen molar-refractivity contribution in [1.29, 1.82) is 0 Å². The lowest BCUT2D eigenvalue weighted by Crippen LogP contribution is -2.26. The first-order chi connectivity index (χ1) is 8.99. The van der Waals surface area contributed by atoms with Crippen molar-refractivity contribution in [3.8, 4) is 0 Å². The predicted molar refractivity (Wildman–Crippen MR) is 71.0 cm³/mol. The number of aromatic nitrogens is 2. The molecule has 1 saturated carbocycles. The zero-order valence-electron chi connectivity index (χ0n) is 11.3. The van der Waals surface area contributed by atoms with Crippen LogP contribution in [-0.2, 0) is 0 Å². The molecule has 102 valence electrons. The number of benzene rings is 1. The van der Waals surface area contributed by atoms with Gasteiger partial charge in [0, 0.05) is 5.92 Å². The van der Waals surface area contributed by atoms with Crippen LogP contribution in [0.2, 0.25) is 0 Å². The number of nitrogens with zero attached hydrogens (tertiary/aromatic N) is 1. The van der Waals surface area contributed by atoms with Gasteiger partial charge in [0.2, 0.25) is 0 Å². The van der Waals surface area contributed by atoms with Crippen LogP contribution in [-0.4, -0.2) is 9.97 Å². The van der Waals surface area contributed by atoms with Gasteiger partial charge in [-0.15, -0.1) is 0 Å². The highest BCUT2D eigenvalue weighted by atomic mass is 19.2. The fourth-order valence-corrected chi connectivity index (χ4v) is 3.20. The van der Waals surface area contributed by atoms with E-state index in [4.69, 9.17) is 0 Å². The fraction of sp³-hybridized carbons (Fsp3) is 0.533. The average molecular weight is 264 g/mol. The molecule has 1 aliphatic rings. The van der Waals surface area contributed by atoms with E-state index in [9.17, 15) is 8.78 Å². The number of aromatic amines is 1. The molecule has 0 bridgehead atoms. The molecular weight excluding hydrogens is 246 g/mol. The van der Waals surface area contributed by atoms with Crippen molar-refractivity contribution in [2.45, 2.75) is 45.4 Å². The van der Waals surface area contributed by atoms with Gasteiger partial charge in [-0.3, -0.25) is 0 Å². The van der Waals surface area contributed by atoms with Gasteiger partial charge in [-0.1, -0.05) is 26.7 Å². The van der Waals surface area contributed by atoms with Crippen LogP contribution in [0.3, 0.4) is 0 Å². The zero-order valence-corrected chi connectivity index (χ0v) is 11.3. The molecule has 1 fully saturated rings. The summed E-state index contributed by atoms with van der Waals surface area (Å²) < 4.78 is 26.9. The molecule has 1 unspecified atom stereocenters. The van der Waals surface area contributed by atoms with Crippen molar-refractivity contribution in [3.63, 3.8) is 0 Å². The molecule has 0 amide bonds. The minimum atomic E-state index is -0.853. The molecule has 2 nitrogen and oxygen atoms in total. The first-order valence-electron chi connectivity index (χ1n) is 6.83. The Kier molecular flexibility index (Phi) is 2.84. The maximum atomic E-state index is 13.7. The summed E-state index contributed by atoms with van der Waals surface area (Å²) in [4.78, 5) is 7.49. The van der Waals surface area contributed by atoms with Crippen LogP contribution >= 0.6 is 0 Å². The lowest BCUT2D eigenvalue weighted by Gasteiger charge is -2.37. The SMILES string of the molecule is CC1(C)CCCCC1c1nc2c(F)c(F)ccc2[nH]1. The number of fused-ring (bicyclic) bond motifs is 1. The second-order valence-electron chi connectivity index (χ2n) is 6.17. The lowest BCUT2D eigenvalue weighted by atomic mass is 9.68. The number of imidazole rings is 1. The van der Waals surface area contributed by atoms with Gasteiger partial charge in [0.25, 0.3) is 0 Å². The van der Waals surface area contributed by atoms with Crippen molar-refractivity contribution >= 4 is 11.0 Å². The van der Waals surface area contributed by atoms with E-state index in [1.54, 1.807) is 6.07 Å². The summed E-state index contributed by atoms with van der Waals surface area (Å²) in [5.74, 6) is -0.609. The Morgan fingerprint density at radius 1 is 1.26 bits per heavy atom. The van der Waals surface area contributed by atoms with Gasteiger partial charge in [-0.2, -0.15) is 0 Å². The Hall–Kier alpha value is -1.45. The van der Waals surface area contributed by atoms with E-state index in [1.807, 2.05) is 0 Å². The van der Waals surface area contributed by atoms with Crippen molar-refractivity contribution in [1.82, 2.24) is 9.97 Å². The number of rotatable bonds is 1. The Morgan fingerprint density at radius 2 is 2.05 bits per heavy atom.